The molecule has 0 atom stereocenters. The number of imidazole rings is 1. The van der Waals surface area contributed by atoms with E-state index in [4.69, 9.17) is 10.5 Å². The fourth-order valence-electron chi connectivity index (χ4n) is 2.33. The highest BCUT2D eigenvalue weighted by atomic mass is 16.5. The monoisotopic (exact) mass is 282 g/mol. The van der Waals surface area contributed by atoms with Gasteiger partial charge in [-0.05, 0) is 43.7 Å². The van der Waals surface area contributed by atoms with Crippen LogP contribution in [0, 0.1) is 0 Å². The first kappa shape index (κ1) is 13.4. The topological polar surface area (TPSA) is 66.0 Å². The Bertz CT molecular complexity index is 750. The predicted octanol–water partition coefficient (Wildman–Crippen LogP) is 2.85. The zero-order valence-corrected chi connectivity index (χ0v) is 12.2. The second kappa shape index (κ2) is 5.44. The SMILES string of the molecule is CC(C)Oc1cccc2c1nc(N)n2Cc1ccncc1. The lowest BCUT2D eigenvalue weighted by Gasteiger charge is -2.10. The Morgan fingerprint density at radius 2 is 1.95 bits per heavy atom. The molecule has 0 saturated heterocycles. The average Bonchev–Trinajstić information content (AvgIpc) is 2.77. The third-order valence-corrected chi connectivity index (χ3v) is 3.22. The Balaban J connectivity index is 2.05. The maximum atomic E-state index is 6.08. The molecule has 0 aliphatic carbocycles. The smallest absolute Gasteiger partial charge is 0.201 e. The Morgan fingerprint density at radius 1 is 1.19 bits per heavy atom. The van der Waals surface area contributed by atoms with Crippen LogP contribution in [0.4, 0.5) is 5.95 Å². The summed E-state index contributed by atoms with van der Waals surface area (Å²) >= 11 is 0. The Hall–Kier alpha value is -2.56. The highest BCUT2D eigenvalue weighted by Gasteiger charge is 2.13. The average molecular weight is 282 g/mol. The number of anilines is 1. The van der Waals surface area contributed by atoms with Crippen molar-refractivity contribution >= 4 is 17.0 Å². The lowest BCUT2D eigenvalue weighted by molar-refractivity contribution is 0.245. The van der Waals surface area contributed by atoms with Crippen LogP contribution in [-0.4, -0.2) is 20.6 Å². The molecule has 3 aromatic rings. The second-order valence-corrected chi connectivity index (χ2v) is 5.20. The van der Waals surface area contributed by atoms with Crippen molar-refractivity contribution < 1.29 is 4.74 Å². The van der Waals surface area contributed by atoms with Crippen LogP contribution in [0.3, 0.4) is 0 Å². The van der Waals surface area contributed by atoms with Crippen molar-refractivity contribution in [2.45, 2.75) is 26.5 Å². The van der Waals surface area contributed by atoms with Gasteiger partial charge in [-0.3, -0.25) is 4.98 Å². The van der Waals surface area contributed by atoms with Gasteiger partial charge in [-0.1, -0.05) is 6.07 Å². The molecule has 5 heteroatoms. The van der Waals surface area contributed by atoms with Gasteiger partial charge in [0.2, 0.25) is 5.95 Å². The summed E-state index contributed by atoms with van der Waals surface area (Å²) in [6, 6.07) is 9.84. The number of fused-ring (bicyclic) bond motifs is 1. The van der Waals surface area contributed by atoms with E-state index >= 15 is 0 Å². The molecule has 21 heavy (non-hydrogen) atoms. The summed E-state index contributed by atoms with van der Waals surface area (Å²) in [7, 11) is 0. The number of aromatic nitrogens is 3. The molecular formula is C16H18N4O. The van der Waals surface area contributed by atoms with Gasteiger partial charge in [0, 0.05) is 12.4 Å². The molecule has 0 unspecified atom stereocenters. The first-order chi connectivity index (χ1) is 10.1. The van der Waals surface area contributed by atoms with Gasteiger partial charge in [-0.25, -0.2) is 4.98 Å². The van der Waals surface area contributed by atoms with E-state index in [1.165, 1.54) is 0 Å². The van der Waals surface area contributed by atoms with Crippen LogP contribution in [-0.2, 0) is 6.54 Å². The quantitative estimate of drug-likeness (QED) is 0.799. The highest BCUT2D eigenvalue weighted by Crippen LogP contribution is 2.28. The zero-order valence-electron chi connectivity index (χ0n) is 12.2. The number of nitrogens with zero attached hydrogens (tertiary/aromatic N) is 3. The van der Waals surface area contributed by atoms with Crippen molar-refractivity contribution in [3.05, 3.63) is 48.3 Å². The molecule has 0 aliphatic rings. The van der Waals surface area contributed by atoms with Gasteiger partial charge in [0.25, 0.3) is 0 Å². The number of benzene rings is 1. The van der Waals surface area contributed by atoms with E-state index in [9.17, 15) is 0 Å². The van der Waals surface area contributed by atoms with Crippen molar-refractivity contribution in [1.29, 1.82) is 0 Å². The molecule has 0 amide bonds. The third-order valence-electron chi connectivity index (χ3n) is 3.22. The van der Waals surface area contributed by atoms with Gasteiger partial charge in [-0.2, -0.15) is 0 Å². The van der Waals surface area contributed by atoms with Crippen LogP contribution >= 0.6 is 0 Å². The summed E-state index contributed by atoms with van der Waals surface area (Å²) in [4.78, 5) is 8.49. The van der Waals surface area contributed by atoms with E-state index < -0.39 is 0 Å². The summed E-state index contributed by atoms with van der Waals surface area (Å²) in [5.41, 5.74) is 8.99. The van der Waals surface area contributed by atoms with Gasteiger partial charge >= 0.3 is 0 Å². The number of hydrogen-bond donors (Lipinski definition) is 1. The number of ether oxygens (including phenoxy) is 1. The summed E-state index contributed by atoms with van der Waals surface area (Å²) in [6.45, 7) is 4.66. The summed E-state index contributed by atoms with van der Waals surface area (Å²) in [5, 5.41) is 0. The summed E-state index contributed by atoms with van der Waals surface area (Å²) < 4.78 is 7.79. The minimum absolute atomic E-state index is 0.0992. The van der Waals surface area contributed by atoms with Gasteiger partial charge in [0.05, 0.1) is 18.2 Å². The van der Waals surface area contributed by atoms with E-state index in [1.807, 2.05) is 48.7 Å². The van der Waals surface area contributed by atoms with Crippen molar-refractivity contribution in [1.82, 2.24) is 14.5 Å². The molecule has 0 spiro atoms. The Morgan fingerprint density at radius 3 is 2.67 bits per heavy atom. The number of pyridine rings is 1. The second-order valence-electron chi connectivity index (χ2n) is 5.20. The molecular weight excluding hydrogens is 264 g/mol. The van der Waals surface area contributed by atoms with Crippen molar-refractivity contribution in [3.63, 3.8) is 0 Å². The lowest BCUT2D eigenvalue weighted by atomic mass is 10.2. The molecule has 0 bridgehead atoms. The fraction of sp³-hybridized carbons (Fsp3) is 0.250. The maximum Gasteiger partial charge on any atom is 0.201 e. The van der Waals surface area contributed by atoms with Crippen LogP contribution in [0.2, 0.25) is 0 Å². The molecule has 0 fully saturated rings. The number of hydrogen-bond acceptors (Lipinski definition) is 4. The standard InChI is InChI=1S/C16H18N4O/c1-11(2)21-14-5-3-4-13-15(14)19-16(17)20(13)10-12-6-8-18-9-7-12/h3-9,11H,10H2,1-2H3,(H2,17,19). The summed E-state index contributed by atoms with van der Waals surface area (Å²) in [5.74, 6) is 1.25. The van der Waals surface area contributed by atoms with Crippen LogP contribution in [0.15, 0.2) is 42.7 Å². The molecule has 2 heterocycles. The molecule has 5 nitrogen and oxygen atoms in total. The molecule has 2 aromatic heterocycles. The van der Waals surface area contributed by atoms with Crippen LogP contribution in [0.25, 0.3) is 11.0 Å². The number of para-hydroxylation sites is 1. The van der Waals surface area contributed by atoms with Crippen LogP contribution in [0.1, 0.15) is 19.4 Å². The van der Waals surface area contributed by atoms with Crippen LogP contribution < -0.4 is 10.5 Å². The van der Waals surface area contributed by atoms with Crippen LogP contribution in [0.5, 0.6) is 5.75 Å². The van der Waals surface area contributed by atoms with Gasteiger partial charge < -0.3 is 15.0 Å². The minimum atomic E-state index is 0.0992. The van der Waals surface area contributed by atoms with E-state index in [2.05, 4.69) is 9.97 Å². The molecule has 1 aromatic carbocycles. The zero-order chi connectivity index (χ0) is 14.8. The Kier molecular flexibility index (Phi) is 3.48. The first-order valence-electron chi connectivity index (χ1n) is 6.95. The number of rotatable bonds is 4. The maximum absolute atomic E-state index is 6.08. The predicted molar refractivity (Wildman–Crippen MR) is 83.2 cm³/mol. The largest absolute Gasteiger partial charge is 0.489 e. The van der Waals surface area contributed by atoms with E-state index in [0.29, 0.717) is 12.5 Å². The fourth-order valence-corrected chi connectivity index (χ4v) is 2.33. The highest BCUT2D eigenvalue weighted by molar-refractivity contribution is 5.84. The Labute approximate surface area is 123 Å². The molecule has 0 saturated carbocycles. The van der Waals surface area contributed by atoms with Crippen molar-refractivity contribution in [2.24, 2.45) is 0 Å². The normalized spacial score (nSPS) is 11.2. The van der Waals surface area contributed by atoms with Gasteiger partial charge in [-0.15, -0.1) is 0 Å². The molecule has 0 aliphatic heterocycles. The molecule has 3 rings (SSSR count). The van der Waals surface area contributed by atoms with Gasteiger partial charge in [0.1, 0.15) is 11.3 Å². The summed E-state index contributed by atoms with van der Waals surface area (Å²) in [6.07, 6.45) is 3.65. The minimum Gasteiger partial charge on any atom is -0.489 e. The van der Waals surface area contributed by atoms with E-state index in [1.54, 1.807) is 12.4 Å². The first-order valence-corrected chi connectivity index (χ1v) is 6.95. The molecule has 108 valence electrons. The van der Waals surface area contributed by atoms with Crippen molar-refractivity contribution in [3.8, 4) is 5.75 Å². The van der Waals surface area contributed by atoms with E-state index in [-0.39, 0.29) is 6.10 Å². The lowest BCUT2D eigenvalue weighted by Crippen LogP contribution is -2.06. The number of nitrogen functional groups attached to an aromatic ring is 1. The number of nitrogens with two attached hydrogens (primary N) is 1. The van der Waals surface area contributed by atoms with Gasteiger partial charge in [0.15, 0.2) is 0 Å². The molecule has 0 radical (unpaired) electrons. The van der Waals surface area contributed by atoms with E-state index in [0.717, 1.165) is 22.3 Å². The van der Waals surface area contributed by atoms with Crippen molar-refractivity contribution in [2.75, 3.05) is 5.73 Å². The third kappa shape index (κ3) is 2.67. The molecule has 2 N–H and O–H groups in total.